The van der Waals surface area contributed by atoms with Crippen LogP contribution >= 0.6 is 0 Å². The van der Waals surface area contributed by atoms with Crippen molar-refractivity contribution >= 4 is 30.5 Å². The maximum atomic E-state index is 14.3. The largest absolute Gasteiger partial charge is 0.511 e. The molecule has 266 valence electrons. The number of ether oxygens (including phenoxy) is 3. The van der Waals surface area contributed by atoms with Crippen molar-refractivity contribution in [1.82, 2.24) is 14.8 Å². The number of nitrogens with one attached hydrogen (secondary N) is 1. The van der Waals surface area contributed by atoms with Crippen molar-refractivity contribution in [3.05, 3.63) is 98.5 Å². The Morgan fingerprint density at radius 2 is 1.88 bits per heavy atom. The number of carbonyl (C=O) groups excluding carboxylic acids is 4. The van der Waals surface area contributed by atoms with E-state index < -0.39 is 64.8 Å². The van der Waals surface area contributed by atoms with Gasteiger partial charge in [0.25, 0.3) is 11.8 Å². The molecule has 1 spiro atoms. The summed E-state index contributed by atoms with van der Waals surface area (Å²) in [5, 5.41) is 6.69. The Morgan fingerprint density at radius 1 is 1.12 bits per heavy atom. The number of fused-ring (bicyclic) bond motifs is 5. The fourth-order valence-corrected chi connectivity index (χ4v) is 6.43. The number of aryl methyl sites for hydroxylation is 1. The highest BCUT2D eigenvalue weighted by Gasteiger charge is 2.54. The number of nitrogens with zero attached hydrogens (tertiary/aromatic N) is 3. The Labute approximate surface area is 287 Å². The minimum Gasteiger partial charge on any atom is -0.451 e. The SMILES string of the molecule is C=O.CC1=NO[C@@]2(CC[C@H](C)N3C[C@H]2n2cc(C(=O)NCc4ccc(F)cc4F)c(=O)c(OCOC(=O)OCc4ccccc4C)c2C3=O)C1.[HH]. The van der Waals surface area contributed by atoms with Crippen LogP contribution in [0.15, 0.2) is 58.6 Å². The van der Waals surface area contributed by atoms with Crippen molar-refractivity contribution in [2.75, 3.05) is 13.3 Å². The molecule has 1 N–H and O–H groups in total. The summed E-state index contributed by atoms with van der Waals surface area (Å²) in [6.45, 7) is 6.58. The predicted molar refractivity (Wildman–Crippen MR) is 176 cm³/mol. The number of rotatable bonds is 8. The Kier molecular flexibility index (Phi) is 10.6. The second kappa shape index (κ2) is 14.9. The molecule has 2 bridgehead atoms. The van der Waals surface area contributed by atoms with Crippen LogP contribution in [0.2, 0.25) is 0 Å². The summed E-state index contributed by atoms with van der Waals surface area (Å²) in [6, 6.07) is 9.42. The van der Waals surface area contributed by atoms with Gasteiger partial charge in [-0.2, -0.15) is 0 Å². The van der Waals surface area contributed by atoms with Gasteiger partial charge in [-0.05, 0) is 50.8 Å². The van der Waals surface area contributed by atoms with Crippen molar-refractivity contribution in [3.8, 4) is 5.75 Å². The molecule has 3 atom stereocenters. The zero-order chi connectivity index (χ0) is 36.2. The van der Waals surface area contributed by atoms with Crippen LogP contribution in [0.25, 0.3) is 0 Å². The summed E-state index contributed by atoms with van der Waals surface area (Å²) < 4.78 is 45.2. The lowest BCUT2D eigenvalue weighted by Crippen LogP contribution is -2.52. The number of amides is 2. The number of oxime groups is 1. The van der Waals surface area contributed by atoms with Crippen LogP contribution in [0, 0.1) is 18.6 Å². The van der Waals surface area contributed by atoms with Gasteiger partial charge in [-0.15, -0.1) is 0 Å². The van der Waals surface area contributed by atoms with E-state index in [0.717, 1.165) is 22.9 Å². The first-order valence-electron chi connectivity index (χ1n) is 15.8. The molecule has 3 aliphatic rings. The van der Waals surface area contributed by atoms with Gasteiger partial charge in [0.1, 0.15) is 30.6 Å². The number of halogens is 2. The molecule has 0 radical (unpaired) electrons. The first kappa shape index (κ1) is 35.7. The molecule has 2 amide bonds. The van der Waals surface area contributed by atoms with E-state index >= 15 is 0 Å². The fraction of sp³-hybridized carbons (Fsp3) is 0.371. The number of aromatic nitrogens is 1. The third-order valence-electron chi connectivity index (χ3n) is 9.11. The number of benzene rings is 2. The van der Waals surface area contributed by atoms with Crippen LogP contribution in [0.4, 0.5) is 13.6 Å². The average molecular weight is 697 g/mol. The van der Waals surface area contributed by atoms with Gasteiger partial charge in [0.2, 0.25) is 18.0 Å². The van der Waals surface area contributed by atoms with Crippen LogP contribution in [0.5, 0.6) is 5.75 Å². The van der Waals surface area contributed by atoms with Gasteiger partial charge in [0.05, 0.1) is 11.8 Å². The second-order valence-corrected chi connectivity index (χ2v) is 12.3. The van der Waals surface area contributed by atoms with Gasteiger partial charge in [-0.3, -0.25) is 14.4 Å². The van der Waals surface area contributed by atoms with Crippen molar-refractivity contribution in [3.63, 3.8) is 0 Å². The van der Waals surface area contributed by atoms with Gasteiger partial charge in [0.15, 0.2) is 11.3 Å². The molecular weight excluding hydrogens is 658 g/mol. The molecule has 15 heteroatoms. The highest BCUT2D eigenvalue weighted by atomic mass is 19.1. The number of carbonyl (C=O) groups is 4. The molecule has 13 nitrogen and oxygen atoms in total. The molecule has 1 saturated heterocycles. The standard InChI is InChI=1S/C34H34F2N4O8.CH2O.H2/c1-19-6-4-5-7-23(19)17-45-33(44)47-18-46-30-28-32(43)39-16-27(34(11-10-21(39)3)13-20(2)38-48-34)40(28)15-25(29(30)41)31(42)37-14-22-8-9-24(35)12-26(22)36;1-2;/h4-9,12,15,21,27H,10-11,13-14,16-18H2,1-3H3,(H,37,42);1H2;1H/t21-,27+,34-;;/m0../s1. The summed E-state index contributed by atoms with van der Waals surface area (Å²) in [7, 11) is 0. The lowest BCUT2D eigenvalue weighted by Gasteiger charge is -2.42. The molecule has 1 aromatic heterocycles. The van der Waals surface area contributed by atoms with Crippen LogP contribution in [-0.2, 0) is 32.3 Å². The van der Waals surface area contributed by atoms with E-state index in [-0.39, 0.29) is 38.4 Å². The van der Waals surface area contributed by atoms with Gasteiger partial charge in [-0.1, -0.05) is 35.5 Å². The van der Waals surface area contributed by atoms with E-state index in [1.54, 1.807) is 17.0 Å². The van der Waals surface area contributed by atoms with E-state index in [1.165, 1.54) is 16.8 Å². The maximum Gasteiger partial charge on any atom is 0.511 e. The van der Waals surface area contributed by atoms with Crippen LogP contribution < -0.4 is 15.5 Å². The summed E-state index contributed by atoms with van der Waals surface area (Å²) in [5.41, 5.74) is 0.0294. The Hall–Kier alpha value is -5.60. The first-order chi connectivity index (χ1) is 24.0. The Bertz CT molecular complexity index is 1910. The minimum atomic E-state index is -1.08. The molecule has 3 aliphatic heterocycles. The molecule has 0 unspecified atom stereocenters. The topological polar surface area (TPSA) is 155 Å². The maximum absolute atomic E-state index is 14.3. The first-order valence-corrected chi connectivity index (χ1v) is 15.8. The second-order valence-electron chi connectivity index (χ2n) is 12.3. The van der Waals surface area contributed by atoms with E-state index in [9.17, 15) is 28.0 Å². The monoisotopic (exact) mass is 696 g/mol. The van der Waals surface area contributed by atoms with Crippen LogP contribution in [0.3, 0.4) is 0 Å². The van der Waals surface area contributed by atoms with Crippen molar-refractivity contribution in [2.24, 2.45) is 5.16 Å². The Balaban J connectivity index is 0.00000191. The fourth-order valence-electron chi connectivity index (χ4n) is 6.43. The van der Waals surface area contributed by atoms with Crippen molar-refractivity contribution in [1.29, 1.82) is 0 Å². The third kappa shape index (κ3) is 7.07. The summed E-state index contributed by atoms with van der Waals surface area (Å²) in [5.74, 6) is -3.57. The predicted octanol–water partition coefficient (Wildman–Crippen LogP) is 4.83. The number of pyridine rings is 1. The average Bonchev–Trinajstić information content (AvgIpc) is 3.43. The molecular formula is C35H38F2N4O9. The molecule has 0 saturated carbocycles. The Morgan fingerprint density at radius 3 is 2.58 bits per heavy atom. The minimum absolute atomic E-state index is 0. The van der Waals surface area contributed by atoms with Gasteiger partial charge in [0, 0.05) is 44.8 Å². The zero-order valence-corrected chi connectivity index (χ0v) is 27.7. The molecule has 50 heavy (non-hydrogen) atoms. The van der Waals surface area contributed by atoms with Gasteiger partial charge < -0.3 is 38.6 Å². The quantitative estimate of drug-likeness (QED) is 0.258. The highest BCUT2D eigenvalue weighted by Crippen LogP contribution is 2.46. The number of hydrogen-bond donors (Lipinski definition) is 1. The molecule has 2 aromatic carbocycles. The summed E-state index contributed by atoms with van der Waals surface area (Å²) in [6.07, 6.45) is 1.77. The van der Waals surface area contributed by atoms with Crippen LogP contribution in [0.1, 0.15) is 78.1 Å². The van der Waals surface area contributed by atoms with Crippen molar-refractivity contribution < 1.29 is 48.4 Å². The molecule has 3 aromatic rings. The zero-order valence-electron chi connectivity index (χ0n) is 27.7. The van der Waals surface area contributed by atoms with Gasteiger partial charge in [-0.25, -0.2) is 13.6 Å². The van der Waals surface area contributed by atoms with E-state index in [2.05, 4.69) is 10.5 Å². The lowest BCUT2D eigenvalue weighted by molar-refractivity contribution is -0.0980. The molecule has 1 fully saturated rings. The van der Waals surface area contributed by atoms with Gasteiger partial charge >= 0.3 is 6.16 Å². The summed E-state index contributed by atoms with van der Waals surface area (Å²) in [4.78, 5) is 69.5. The smallest absolute Gasteiger partial charge is 0.451 e. The number of hydrogen-bond acceptors (Lipinski definition) is 10. The molecule has 6 rings (SSSR count). The summed E-state index contributed by atoms with van der Waals surface area (Å²) >= 11 is 0. The lowest BCUT2D eigenvalue weighted by atomic mass is 9.84. The van der Waals surface area contributed by atoms with Crippen LogP contribution in [-0.4, -0.2) is 64.9 Å². The van der Waals surface area contributed by atoms with E-state index in [4.69, 9.17) is 23.8 Å². The third-order valence-corrected chi connectivity index (χ3v) is 9.11. The van der Waals surface area contributed by atoms with Crippen molar-refractivity contribution in [2.45, 2.75) is 70.9 Å². The normalized spacial score (nSPS) is 20.4. The molecule has 0 aliphatic carbocycles. The molecule has 4 heterocycles. The highest BCUT2D eigenvalue weighted by molar-refractivity contribution is 5.99. The van der Waals surface area contributed by atoms with E-state index in [0.29, 0.717) is 25.3 Å². The van der Waals surface area contributed by atoms with E-state index in [1.807, 2.05) is 39.7 Å².